The number of halogens is 1. The van der Waals surface area contributed by atoms with Crippen molar-refractivity contribution in [2.75, 3.05) is 11.9 Å². The molecule has 0 saturated heterocycles. The van der Waals surface area contributed by atoms with Gasteiger partial charge in [-0.25, -0.2) is 5.53 Å². The van der Waals surface area contributed by atoms with Crippen molar-refractivity contribution in [3.8, 4) is 0 Å². The van der Waals surface area contributed by atoms with Gasteiger partial charge >= 0.3 is 0 Å². The Balaban J connectivity index is 2.15. The number of hydrogen-bond acceptors (Lipinski definition) is 5. The molecular formula is C24H33BrN4O2. The summed E-state index contributed by atoms with van der Waals surface area (Å²) < 4.78 is 1.17. The summed E-state index contributed by atoms with van der Waals surface area (Å²) in [6.07, 6.45) is 7.01. The van der Waals surface area contributed by atoms with Crippen molar-refractivity contribution in [2.45, 2.75) is 60.5 Å². The van der Waals surface area contributed by atoms with Gasteiger partial charge in [0, 0.05) is 17.2 Å². The number of oxime groups is 1. The standard InChI is InChI=1S/C24H33BrN4O2/c1-15-6-7-21(25)13-20(11-15)19(5)29-31-14-22-18(4)10-16(2)12-23(22)28-24(30)17(3)8-9-27-26/h10-13,15,17,26H,6-9,14H2,1-5H3,(H,28,30)/b27-26?,29-19-/t15-,17?/m1/s1. The van der Waals surface area contributed by atoms with Crippen LogP contribution in [0.5, 0.6) is 0 Å². The van der Waals surface area contributed by atoms with E-state index in [0.717, 1.165) is 46.5 Å². The highest BCUT2D eigenvalue weighted by Gasteiger charge is 2.16. The quantitative estimate of drug-likeness (QED) is 0.226. The summed E-state index contributed by atoms with van der Waals surface area (Å²) in [5.74, 6) is 0.179. The topological polar surface area (TPSA) is 86.9 Å². The Labute approximate surface area is 193 Å². The third kappa shape index (κ3) is 7.73. The molecule has 0 fully saturated rings. The lowest BCUT2D eigenvalue weighted by molar-refractivity contribution is -0.119. The van der Waals surface area contributed by atoms with Crippen LogP contribution in [-0.2, 0) is 16.2 Å². The van der Waals surface area contributed by atoms with Gasteiger partial charge in [-0.05, 0) is 79.3 Å². The number of nitrogens with one attached hydrogen (secondary N) is 2. The van der Waals surface area contributed by atoms with Crippen LogP contribution in [0.4, 0.5) is 5.69 Å². The van der Waals surface area contributed by atoms with E-state index in [4.69, 9.17) is 10.4 Å². The number of allylic oxidation sites excluding steroid dienone is 4. The molecule has 0 spiro atoms. The molecular weight excluding hydrogens is 456 g/mol. The van der Waals surface area contributed by atoms with E-state index in [9.17, 15) is 4.79 Å². The Kier molecular flexibility index (Phi) is 9.62. The maximum Gasteiger partial charge on any atom is 0.227 e. The van der Waals surface area contributed by atoms with Gasteiger partial charge in [0.15, 0.2) is 0 Å². The molecule has 1 amide bonds. The first kappa shape index (κ1) is 25.0. The molecule has 2 rings (SSSR count). The molecule has 0 radical (unpaired) electrons. The van der Waals surface area contributed by atoms with Crippen LogP contribution in [0.2, 0.25) is 0 Å². The average molecular weight is 489 g/mol. The number of carbonyl (C=O) groups excluding carboxylic acids is 1. The molecule has 0 saturated carbocycles. The van der Waals surface area contributed by atoms with Gasteiger partial charge in [-0.15, -0.1) is 0 Å². The van der Waals surface area contributed by atoms with Crippen molar-refractivity contribution < 1.29 is 9.63 Å². The van der Waals surface area contributed by atoms with E-state index < -0.39 is 0 Å². The minimum Gasteiger partial charge on any atom is -0.391 e. The number of rotatable bonds is 9. The maximum absolute atomic E-state index is 12.6. The van der Waals surface area contributed by atoms with Crippen LogP contribution in [0.1, 0.15) is 56.7 Å². The second-order valence-electron chi connectivity index (χ2n) is 8.35. The van der Waals surface area contributed by atoms with Crippen LogP contribution < -0.4 is 5.32 Å². The number of carbonyl (C=O) groups is 1. The minimum absolute atomic E-state index is 0.0813. The Hall–Kier alpha value is -2.28. The Bertz CT molecular complexity index is 905. The van der Waals surface area contributed by atoms with Gasteiger partial charge in [0.1, 0.15) is 6.61 Å². The molecule has 31 heavy (non-hydrogen) atoms. The summed E-state index contributed by atoms with van der Waals surface area (Å²) >= 11 is 3.62. The molecule has 1 aromatic rings. The van der Waals surface area contributed by atoms with Crippen LogP contribution >= 0.6 is 15.9 Å². The van der Waals surface area contributed by atoms with E-state index in [2.05, 4.69) is 56.7 Å². The fourth-order valence-electron chi connectivity index (χ4n) is 3.46. The summed E-state index contributed by atoms with van der Waals surface area (Å²) in [7, 11) is 0. The smallest absolute Gasteiger partial charge is 0.227 e. The molecule has 1 aromatic carbocycles. The molecule has 0 bridgehead atoms. The van der Waals surface area contributed by atoms with Crippen LogP contribution in [0.3, 0.4) is 0 Å². The lowest BCUT2D eigenvalue weighted by Crippen LogP contribution is -2.22. The highest BCUT2D eigenvalue weighted by molar-refractivity contribution is 9.11. The molecule has 7 heteroatoms. The zero-order chi connectivity index (χ0) is 23.0. The van der Waals surface area contributed by atoms with Crippen molar-refractivity contribution >= 4 is 33.2 Å². The fourth-order valence-corrected chi connectivity index (χ4v) is 3.94. The Morgan fingerprint density at radius 1 is 1.39 bits per heavy atom. The van der Waals surface area contributed by atoms with Gasteiger partial charge in [0.2, 0.25) is 5.91 Å². The van der Waals surface area contributed by atoms with Crippen molar-refractivity contribution in [2.24, 2.45) is 22.1 Å². The lowest BCUT2D eigenvalue weighted by atomic mass is 10.0. The Morgan fingerprint density at radius 2 is 2.13 bits per heavy atom. The summed E-state index contributed by atoms with van der Waals surface area (Å²) in [4.78, 5) is 18.3. The van der Waals surface area contributed by atoms with E-state index in [1.807, 2.05) is 33.8 Å². The summed E-state index contributed by atoms with van der Waals surface area (Å²) in [5.41, 5.74) is 12.6. The van der Waals surface area contributed by atoms with Gasteiger partial charge in [-0.1, -0.05) is 47.1 Å². The molecule has 2 N–H and O–H groups in total. The highest BCUT2D eigenvalue weighted by Crippen LogP contribution is 2.27. The number of aryl methyl sites for hydroxylation is 2. The highest BCUT2D eigenvalue weighted by atomic mass is 79.9. The molecule has 0 aliphatic heterocycles. The van der Waals surface area contributed by atoms with Gasteiger partial charge in [-0.2, -0.15) is 5.11 Å². The molecule has 1 aliphatic rings. The normalized spacial score (nSPS) is 17.9. The largest absolute Gasteiger partial charge is 0.391 e. The number of anilines is 1. The van der Waals surface area contributed by atoms with E-state index in [1.54, 1.807) is 0 Å². The van der Waals surface area contributed by atoms with Crippen molar-refractivity contribution in [1.82, 2.24) is 0 Å². The molecule has 0 aromatic heterocycles. The van der Waals surface area contributed by atoms with Crippen molar-refractivity contribution in [1.29, 1.82) is 5.53 Å². The monoisotopic (exact) mass is 488 g/mol. The van der Waals surface area contributed by atoms with E-state index >= 15 is 0 Å². The molecule has 1 unspecified atom stereocenters. The van der Waals surface area contributed by atoms with Crippen LogP contribution in [0.25, 0.3) is 0 Å². The SMILES string of the molecule is C/C(=N/OCc1c(C)cc(C)cc1NC(=O)C(C)CCN=N)C1=C[C@H](C)CCC(Br)=C1. The first-order valence-electron chi connectivity index (χ1n) is 10.7. The predicted octanol–water partition coefficient (Wildman–Crippen LogP) is 6.83. The summed E-state index contributed by atoms with van der Waals surface area (Å²) in [6.45, 7) is 10.6. The van der Waals surface area contributed by atoms with Crippen LogP contribution in [0, 0.1) is 31.2 Å². The van der Waals surface area contributed by atoms with E-state index in [0.29, 0.717) is 18.9 Å². The fraction of sp³-hybridized carbons (Fsp3) is 0.500. The minimum atomic E-state index is -0.224. The predicted molar refractivity (Wildman–Crippen MR) is 130 cm³/mol. The molecule has 168 valence electrons. The first-order chi connectivity index (χ1) is 14.7. The molecule has 6 nitrogen and oxygen atoms in total. The molecule has 0 heterocycles. The lowest BCUT2D eigenvalue weighted by Gasteiger charge is -2.17. The first-order valence-corrected chi connectivity index (χ1v) is 11.5. The average Bonchev–Trinajstić information content (AvgIpc) is 2.88. The van der Waals surface area contributed by atoms with E-state index in [-0.39, 0.29) is 18.4 Å². The van der Waals surface area contributed by atoms with E-state index in [1.165, 1.54) is 4.48 Å². The number of nitrogens with zero attached hydrogens (tertiary/aromatic N) is 2. The zero-order valence-electron chi connectivity index (χ0n) is 19.1. The van der Waals surface area contributed by atoms with Crippen LogP contribution in [-0.4, -0.2) is 18.2 Å². The Morgan fingerprint density at radius 3 is 2.84 bits per heavy atom. The second-order valence-corrected chi connectivity index (χ2v) is 9.37. The van der Waals surface area contributed by atoms with Crippen molar-refractivity contribution in [3.63, 3.8) is 0 Å². The zero-order valence-corrected chi connectivity index (χ0v) is 20.7. The molecule has 2 atom stereocenters. The third-order valence-electron chi connectivity index (χ3n) is 5.44. The number of benzene rings is 1. The second kappa shape index (κ2) is 11.9. The summed E-state index contributed by atoms with van der Waals surface area (Å²) in [5, 5.41) is 10.7. The van der Waals surface area contributed by atoms with Crippen LogP contribution in [0.15, 0.2) is 44.6 Å². The molecule has 1 aliphatic carbocycles. The van der Waals surface area contributed by atoms with Gasteiger partial charge in [0.05, 0.1) is 12.3 Å². The van der Waals surface area contributed by atoms with Gasteiger partial charge < -0.3 is 10.2 Å². The van der Waals surface area contributed by atoms with Crippen molar-refractivity contribution in [3.05, 3.63) is 51.0 Å². The van der Waals surface area contributed by atoms with Gasteiger partial charge in [0.25, 0.3) is 0 Å². The third-order valence-corrected chi connectivity index (χ3v) is 6.06. The number of amides is 1. The van der Waals surface area contributed by atoms with Gasteiger partial charge in [-0.3, -0.25) is 4.79 Å². The summed E-state index contributed by atoms with van der Waals surface area (Å²) in [6, 6.07) is 4.03. The number of hydrogen-bond donors (Lipinski definition) is 2. The maximum atomic E-state index is 12.6.